The van der Waals surface area contributed by atoms with Crippen molar-refractivity contribution in [1.29, 1.82) is 0 Å². The van der Waals surface area contributed by atoms with Gasteiger partial charge in [-0.1, -0.05) is 264 Å². The largest absolute Gasteiger partial charge is 0.756 e. The number of unbranched alkanes of at least 4 members (excludes halogenated alkanes) is 39. The molecule has 0 aromatic carbocycles. The average molecular weight is 944 g/mol. The number of phosphoric ester groups is 1. The maximum atomic E-state index is 12.8. The average Bonchev–Trinajstić information content (AvgIpc) is 3.26. The first-order valence-corrected chi connectivity index (χ1v) is 29.7. The highest BCUT2D eigenvalue weighted by atomic mass is 31.2. The quantitative estimate of drug-likeness (QED) is 0.0257. The molecule has 0 fully saturated rings. The molecular weight excluding hydrogens is 834 g/mol. The minimum atomic E-state index is -4.63. The summed E-state index contributed by atoms with van der Waals surface area (Å²) < 4.78 is 34.2. The normalized spacial score (nSPS) is 13.3. The van der Waals surface area contributed by atoms with Crippen molar-refractivity contribution >= 4 is 19.8 Å². The Morgan fingerprint density at radius 2 is 0.692 bits per heavy atom. The molecule has 0 aromatic rings. The number of quaternary nitrogens is 1. The lowest BCUT2D eigenvalue weighted by atomic mass is 10.0. The van der Waals surface area contributed by atoms with Crippen molar-refractivity contribution in [2.24, 2.45) is 0 Å². The first-order valence-electron chi connectivity index (χ1n) is 28.2. The highest BCUT2D eigenvalue weighted by molar-refractivity contribution is 7.45. The molecule has 0 amide bonds. The van der Waals surface area contributed by atoms with Gasteiger partial charge in [0.1, 0.15) is 19.8 Å². The van der Waals surface area contributed by atoms with Crippen molar-refractivity contribution in [3.8, 4) is 0 Å². The molecule has 10 heteroatoms. The third-order valence-electron chi connectivity index (χ3n) is 12.9. The highest BCUT2D eigenvalue weighted by Gasteiger charge is 2.22. The number of esters is 2. The zero-order valence-electron chi connectivity index (χ0n) is 44.0. The van der Waals surface area contributed by atoms with Crippen LogP contribution in [-0.2, 0) is 32.7 Å². The number of phosphoric acid groups is 1. The lowest BCUT2D eigenvalue weighted by molar-refractivity contribution is -0.870. The zero-order chi connectivity index (χ0) is 47.8. The predicted octanol–water partition coefficient (Wildman–Crippen LogP) is 16.5. The SMILES string of the molecule is CCCCCCCCCCCCCCCCCCCCCCCCC(=O)OC[C@H](COP(=O)([O-])OCC[N+](C)(C)C)OC(=O)CCCCCCCCCCCCCCCCCCCCC. The Bertz CT molecular complexity index is 1070. The van der Waals surface area contributed by atoms with E-state index in [1.54, 1.807) is 0 Å². The lowest BCUT2D eigenvalue weighted by Gasteiger charge is -2.28. The molecule has 388 valence electrons. The molecule has 9 nitrogen and oxygen atoms in total. The Hall–Kier alpha value is -0.990. The third kappa shape index (κ3) is 52.2. The van der Waals surface area contributed by atoms with E-state index in [9.17, 15) is 19.0 Å². The molecule has 1 unspecified atom stereocenters. The van der Waals surface area contributed by atoms with E-state index in [1.165, 1.54) is 225 Å². The van der Waals surface area contributed by atoms with E-state index >= 15 is 0 Å². The van der Waals surface area contributed by atoms with Gasteiger partial charge in [0, 0.05) is 12.8 Å². The molecule has 0 radical (unpaired) electrons. The number of hydrogen-bond donors (Lipinski definition) is 0. The summed E-state index contributed by atoms with van der Waals surface area (Å²) in [5.74, 6) is -0.810. The molecule has 2 atom stereocenters. The minimum Gasteiger partial charge on any atom is -0.756 e. The monoisotopic (exact) mass is 944 g/mol. The zero-order valence-corrected chi connectivity index (χ0v) is 44.9. The van der Waals surface area contributed by atoms with Crippen molar-refractivity contribution in [2.45, 2.75) is 296 Å². The molecular formula is C55H110NO8P. The number of ether oxygens (including phenoxy) is 2. The molecule has 0 spiro atoms. The number of likely N-dealkylation sites (N-methyl/N-ethyl adjacent to an activating group) is 1. The fourth-order valence-electron chi connectivity index (χ4n) is 8.48. The smallest absolute Gasteiger partial charge is 0.306 e. The van der Waals surface area contributed by atoms with Crippen LogP contribution in [0.3, 0.4) is 0 Å². The highest BCUT2D eigenvalue weighted by Crippen LogP contribution is 2.38. The van der Waals surface area contributed by atoms with E-state index in [-0.39, 0.29) is 32.0 Å². The summed E-state index contributed by atoms with van der Waals surface area (Å²) in [4.78, 5) is 37.8. The fraction of sp³-hybridized carbons (Fsp3) is 0.964. The van der Waals surface area contributed by atoms with Crippen molar-refractivity contribution < 1.29 is 42.1 Å². The number of carbonyl (C=O) groups excluding carboxylic acids is 2. The number of rotatable bonds is 53. The predicted molar refractivity (Wildman–Crippen MR) is 273 cm³/mol. The second-order valence-electron chi connectivity index (χ2n) is 20.7. The summed E-state index contributed by atoms with van der Waals surface area (Å²) in [7, 11) is 1.19. The van der Waals surface area contributed by atoms with Crippen LogP contribution < -0.4 is 4.89 Å². The maximum absolute atomic E-state index is 12.8. The van der Waals surface area contributed by atoms with Gasteiger partial charge in [0.05, 0.1) is 27.7 Å². The molecule has 65 heavy (non-hydrogen) atoms. The molecule has 0 heterocycles. The Kier molecular flexibility index (Phi) is 47.3. The van der Waals surface area contributed by atoms with Crippen LogP contribution >= 0.6 is 7.82 Å². The summed E-state index contributed by atoms with van der Waals surface area (Å²) >= 11 is 0. The van der Waals surface area contributed by atoms with Crippen LogP contribution in [0.1, 0.15) is 290 Å². The summed E-state index contributed by atoms with van der Waals surface area (Å²) in [5, 5.41) is 0. The number of nitrogens with zero attached hydrogens (tertiary/aromatic N) is 1. The van der Waals surface area contributed by atoms with E-state index in [0.717, 1.165) is 32.1 Å². The third-order valence-corrected chi connectivity index (χ3v) is 13.8. The van der Waals surface area contributed by atoms with Gasteiger partial charge < -0.3 is 27.9 Å². The van der Waals surface area contributed by atoms with Crippen LogP contribution in [0.2, 0.25) is 0 Å². The van der Waals surface area contributed by atoms with E-state index in [0.29, 0.717) is 17.4 Å². The van der Waals surface area contributed by atoms with Crippen molar-refractivity contribution in [2.75, 3.05) is 47.5 Å². The summed E-state index contributed by atoms with van der Waals surface area (Å²) in [6.45, 7) is 4.31. The summed E-state index contributed by atoms with van der Waals surface area (Å²) in [6, 6.07) is 0. The van der Waals surface area contributed by atoms with Crippen molar-refractivity contribution in [1.82, 2.24) is 0 Å². The van der Waals surface area contributed by atoms with Crippen LogP contribution in [0.5, 0.6) is 0 Å². The molecule has 0 saturated heterocycles. The van der Waals surface area contributed by atoms with Crippen LogP contribution in [0.4, 0.5) is 0 Å². The van der Waals surface area contributed by atoms with Crippen molar-refractivity contribution in [3.05, 3.63) is 0 Å². The summed E-state index contributed by atoms with van der Waals surface area (Å²) in [6.07, 6.45) is 52.8. The molecule has 0 rings (SSSR count). The van der Waals surface area contributed by atoms with Gasteiger partial charge in [0.25, 0.3) is 7.82 Å². The van der Waals surface area contributed by atoms with Crippen LogP contribution in [-0.4, -0.2) is 70.0 Å². The van der Waals surface area contributed by atoms with Crippen LogP contribution in [0.25, 0.3) is 0 Å². The Labute approximate surface area is 404 Å². The molecule has 0 N–H and O–H groups in total. The minimum absolute atomic E-state index is 0.0251. The Morgan fingerprint density at radius 3 is 0.985 bits per heavy atom. The first kappa shape index (κ1) is 64.0. The number of carbonyl (C=O) groups is 2. The van der Waals surface area contributed by atoms with Crippen LogP contribution in [0, 0.1) is 0 Å². The molecule has 0 aliphatic rings. The maximum Gasteiger partial charge on any atom is 0.306 e. The first-order chi connectivity index (χ1) is 31.5. The second kappa shape index (κ2) is 48.1. The van der Waals surface area contributed by atoms with Gasteiger partial charge in [-0.15, -0.1) is 0 Å². The second-order valence-corrected chi connectivity index (χ2v) is 22.1. The van der Waals surface area contributed by atoms with Gasteiger partial charge >= 0.3 is 11.9 Å². The molecule has 0 aliphatic heterocycles. The van der Waals surface area contributed by atoms with Gasteiger partial charge in [0.2, 0.25) is 0 Å². The molecule has 0 saturated carbocycles. The molecule has 0 aromatic heterocycles. The lowest BCUT2D eigenvalue weighted by Crippen LogP contribution is -2.37. The van der Waals surface area contributed by atoms with Gasteiger partial charge in [-0.05, 0) is 12.8 Å². The van der Waals surface area contributed by atoms with Gasteiger partial charge in [0.15, 0.2) is 6.10 Å². The Balaban J connectivity index is 4.12. The van der Waals surface area contributed by atoms with Crippen molar-refractivity contribution in [3.63, 3.8) is 0 Å². The fourth-order valence-corrected chi connectivity index (χ4v) is 9.21. The Morgan fingerprint density at radius 1 is 0.415 bits per heavy atom. The van der Waals surface area contributed by atoms with E-state index in [4.69, 9.17) is 18.5 Å². The molecule has 0 bridgehead atoms. The van der Waals surface area contributed by atoms with Crippen LogP contribution in [0.15, 0.2) is 0 Å². The standard InChI is InChI=1S/C55H110NO8P/c1-6-8-10-12-14-16-18-20-22-24-26-27-28-30-31-33-35-37-39-41-43-45-47-54(57)61-51-53(52-63-65(59,60)62-50-49-56(3,4)5)64-55(58)48-46-44-42-40-38-36-34-32-29-25-23-21-19-17-15-13-11-9-7-2/h53H,6-52H2,1-5H3/t53-/m1/s1. The van der Waals surface area contributed by atoms with Gasteiger partial charge in [-0.25, -0.2) is 0 Å². The van der Waals surface area contributed by atoms with E-state index < -0.39 is 26.5 Å². The number of hydrogen-bond acceptors (Lipinski definition) is 8. The summed E-state index contributed by atoms with van der Waals surface area (Å²) in [5.41, 5.74) is 0. The van der Waals surface area contributed by atoms with Gasteiger partial charge in [-0.2, -0.15) is 0 Å². The topological polar surface area (TPSA) is 111 Å². The van der Waals surface area contributed by atoms with Gasteiger partial charge in [-0.3, -0.25) is 14.2 Å². The van der Waals surface area contributed by atoms with E-state index in [1.807, 2.05) is 21.1 Å². The molecule has 0 aliphatic carbocycles. The van der Waals surface area contributed by atoms with E-state index in [2.05, 4.69) is 13.8 Å².